The van der Waals surface area contributed by atoms with Gasteiger partial charge in [0, 0.05) is 53.1 Å². The number of para-hydroxylation sites is 2. The molecule has 0 atom stereocenters. The van der Waals surface area contributed by atoms with E-state index in [0.717, 1.165) is 30.6 Å². The molecule has 706 valence electrons. The maximum Gasteiger partial charge on any atom is 0.0488 e. The summed E-state index contributed by atoms with van der Waals surface area (Å²) >= 11 is 0. The van der Waals surface area contributed by atoms with Gasteiger partial charge in [-0.05, 0) is 365 Å². The van der Waals surface area contributed by atoms with Crippen LogP contribution < -0.4 is 9.80 Å². The van der Waals surface area contributed by atoms with Crippen molar-refractivity contribution in [1.82, 2.24) is 0 Å². The van der Waals surface area contributed by atoms with E-state index in [-0.39, 0.29) is 16.2 Å². The molecule has 0 spiro atoms. The van der Waals surface area contributed by atoms with Gasteiger partial charge in [0.15, 0.2) is 0 Å². The van der Waals surface area contributed by atoms with Gasteiger partial charge in [0.2, 0.25) is 0 Å². The number of fused-ring (bicyclic) bond motifs is 19. The molecule has 0 N–H and O–H groups in total. The molecule has 4 saturated carbocycles. The summed E-state index contributed by atoms with van der Waals surface area (Å²) in [5, 5.41) is 16.1. The first kappa shape index (κ1) is 88.4. The summed E-state index contributed by atoms with van der Waals surface area (Å²) in [4.78, 5) is 4.74. The molecular weight excluding hydrogens is 1770 g/mol. The average Bonchev–Trinajstić information content (AvgIpc) is 1.56. The van der Waals surface area contributed by atoms with E-state index in [4.69, 9.17) is 0 Å². The number of rotatable bonds is 9. The van der Waals surface area contributed by atoms with E-state index in [1.807, 2.05) is 0 Å². The van der Waals surface area contributed by atoms with Crippen molar-refractivity contribution < 1.29 is 0 Å². The molecule has 2 nitrogen and oxygen atoms in total. The SMILES string of the molecule is CC1(C)c2ccccc2-c2c(-c3c4ccccc4c(C45CC6CC(CC(C6)C4)C5)c4ccc(-c5ccccc5)cc34)cccc21.CN1c2ccccc2C=Cc2ccc(-c3c4ccccc4c(-c4cccc5c4-c4ccccc4C5(C)C)c4cc(-c5ccccc5)ccc34)cc21.CN1c2ccccc2CCc2ccc(-c3c4ccccc4c(-c4cccc5c4-c4ccccc4C5(C)C)c4cc(-c5ccccc5)ccc34)cc21. The Labute approximate surface area is 863 Å². The van der Waals surface area contributed by atoms with Crippen LogP contribution >= 0.6 is 0 Å². The molecule has 0 saturated heterocycles. The van der Waals surface area contributed by atoms with E-state index in [2.05, 4.69) is 508 Å². The van der Waals surface area contributed by atoms with Crippen LogP contribution in [0, 0.1) is 17.8 Å². The third-order valence-corrected chi connectivity index (χ3v) is 35.8. The van der Waals surface area contributed by atoms with Gasteiger partial charge in [-0.2, -0.15) is 0 Å². The van der Waals surface area contributed by atoms with Crippen LogP contribution in [0.25, 0.3) is 199 Å². The van der Waals surface area contributed by atoms with Crippen molar-refractivity contribution in [2.24, 2.45) is 17.8 Å². The zero-order chi connectivity index (χ0) is 98.5. The van der Waals surface area contributed by atoms with Gasteiger partial charge in [-0.25, -0.2) is 0 Å². The Hall–Kier alpha value is -16.3. The first-order valence-electron chi connectivity index (χ1n) is 53.4. The molecule has 0 radical (unpaired) electrons. The zero-order valence-corrected chi connectivity index (χ0v) is 84.9. The van der Waals surface area contributed by atoms with Crippen LogP contribution in [0.15, 0.2) is 431 Å². The topological polar surface area (TPSA) is 6.48 Å². The standard InChI is InChI=1S/C50H39N.C50H37N.C45H40/c2*1-50(2)43-21-11-10-19-40(43)49-41(20-13-22-44(49)50)48-38-18-9-8-17-37(38)47(39-29-28-35(30-42(39)48)32-14-5-4-6-15-32)36-27-26-34-25-24-33-16-7-12-23-45(33)51(3)46(34)31-36;1-44(2)39-17-9-8-15-36(39)42-37(16-10-18-40(42)44)41-33-13-6-7-14-34(33)43(45-25-28-21-29(26-45)23-30(22-28)27-45)35-20-19-32(24-38(35)41)31-11-4-3-5-12-31/h4-23,26-31H,24-25H2,1-3H3;4-31H,1-3H3;3-20,24,28-30H,21-23,25-27H2,1-2H3. The van der Waals surface area contributed by atoms with Crippen LogP contribution in [-0.2, 0) is 34.5 Å². The minimum atomic E-state index is -0.0797. The Kier molecular flexibility index (Phi) is 20.6. The smallest absolute Gasteiger partial charge is 0.0488 e. The first-order chi connectivity index (χ1) is 72.0. The Bertz CT molecular complexity index is 9220. The van der Waals surface area contributed by atoms with E-state index in [9.17, 15) is 0 Å². The first-order valence-corrected chi connectivity index (χ1v) is 53.4. The Morgan fingerprint density at radius 3 is 0.946 bits per heavy atom. The molecule has 2 heteroatoms. The number of anilines is 4. The van der Waals surface area contributed by atoms with Gasteiger partial charge >= 0.3 is 0 Å². The van der Waals surface area contributed by atoms with Crippen molar-refractivity contribution in [3.05, 3.63) is 492 Å². The minimum absolute atomic E-state index is 0.0259. The minimum Gasteiger partial charge on any atom is -0.344 e. The molecule has 31 rings (SSSR count). The third kappa shape index (κ3) is 13.9. The number of aryl methyl sites for hydroxylation is 2. The molecule has 4 fully saturated rings. The van der Waals surface area contributed by atoms with E-state index < -0.39 is 0 Å². The molecule has 4 bridgehead atoms. The molecule has 2 heterocycles. The molecule has 0 aromatic heterocycles. The van der Waals surface area contributed by atoms with Crippen molar-refractivity contribution in [3.8, 4) is 122 Å². The Balaban J connectivity index is 0.000000107. The van der Waals surface area contributed by atoms with Crippen molar-refractivity contribution >= 4 is 99.5 Å². The summed E-state index contributed by atoms with van der Waals surface area (Å²) in [6.45, 7) is 14.3. The summed E-state index contributed by atoms with van der Waals surface area (Å²) in [6, 6.07) is 162. The van der Waals surface area contributed by atoms with Crippen LogP contribution in [0.2, 0.25) is 0 Å². The monoisotopic (exact) mass is 1880 g/mol. The van der Waals surface area contributed by atoms with Crippen LogP contribution in [0.5, 0.6) is 0 Å². The summed E-state index contributed by atoms with van der Waals surface area (Å²) in [5.41, 5.74) is 49.3. The predicted octanol–water partition coefficient (Wildman–Crippen LogP) is 38.8. The highest BCUT2D eigenvalue weighted by Gasteiger charge is 2.53. The molecular formula is C145H116N2. The van der Waals surface area contributed by atoms with Gasteiger partial charge in [0.05, 0.1) is 0 Å². The molecule has 0 unspecified atom stereocenters. The predicted molar refractivity (Wildman–Crippen MR) is 626 cm³/mol. The largest absolute Gasteiger partial charge is 0.344 e. The van der Waals surface area contributed by atoms with E-state index in [1.165, 1.54) is 304 Å². The van der Waals surface area contributed by atoms with Crippen molar-refractivity contribution in [1.29, 1.82) is 0 Å². The Morgan fingerprint density at radius 1 is 0.197 bits per heavy atom. The van der Waals surface area contributed by atoms with Gasteiger partial charge in [-0.3, -0.25) is 0 Å². The fourth-order valence-electron chi connectivity index (χ4n) is 29.4. The average molecular weight is 1890 g/mol. The van der Waals surface area contributed by atoms with E-state index >= 15 is 0 Å². The van der Waals surface area contributed by atoms with Gasteiger partial charge in [0.1, 0.15) is 0 Å². The lowest BCUT2D eigenvalue weighted by atomic mass is 9.47. The molecule has 2 aliphatic heterocycles. The zero-order valence-electron chi connectivity index (χ0n) is 84.9. The second kappa shape index (κ2) is 34.2. The maximum atomic E-state index is 2.54. The van der Waals surface area contributed by atoms with Crippen LogP contribution in [-0.4, -0.2) is 14.1 Å². The number of hydrogen-bond acceptors (Lipinski definition) is 2. The molecule has 147 heavy (non-hydrogen) atoms. The molecule has 7 aliphatic carbocycles. The van der Waals surface area contributed by atoms with Crippen LogP contribution in [0.1, 0.15) is 141 Å². The summed E-state index contributed by atoms with van der Waals surface area (Å²) < 4.78 is 0. The second-order valence-electron chi connectivity index (χ2n) is 44.9. The highest BCUT2D eigenvalue weighted by Crippen LogP contribution is 2.66. The molecule has 0 amide bonds. The lowest BCUT2D eigenvalue weighted by molar-refractivity contribution is -0.00383. The van der Waals surface area contributed by atoms with Crippen molar-refractivity contribution in [2.45, 2.75) is 115 Å². The van der Waals surface area contributed by atoms with E-state index in [1.54, 1.807) is 5.56 Å². The molecule has 22 aromatic carbocycles. The molecule has 9 aliphatic rings. The fraction of sp³-hybridized carbons (Fsp3) is 0.159. The summed E-state index contributed by atoms with van der Waals surface area (Å²) in [5.74, 6) is 2.72. The number of benzene rings is 22. The highest BCUT2D eigenvalue weighted by atomic mass is 15.1. The van der Waals surface area contributed by atoms with Crippen LogP contribution in [0.4, 0.5) is 22.7 Å². The second-order valence-corrected chi connectivity index (χ2v) is 44.9. The maximum absolute atomic E-state index is 2.54. The van der Waals surface area contributed by atoms with Crippen molar-refractivity contribution in [2.75, 3.05) is 23.9 Å². The van der Waals surface area contributed by atoms with E-state index in [0.29, 0.717) is 5.41 Å². The highest BCUT2D eigenvalue weighted by molar-refractivity contribution is 6.26. The van der Waals surface area contributed by atoms with Gasteiger partial charge < -0.3 is 9.80 Å². The lowest BCUT2D eigenvalue weighted by Gasteiger charge is -2.57. The Morgan fingerprint density at radius 2 is 0.497 bits per heavy atom. The normalized spacial score (nSPS) is 17.5. The van der Waals surface area contributed by atoms with Gasteiger partial charge in [0.25, 0.3) is 0 Å². The summed E-state index contributed by atoms with van der Waals surface area (Å²) in [7, 11) is 4.42. The quantitative estimate of drug-likeness (QED) is 0.133. The molecule has 22 aromatic rings. The van der Waals surface area contributed by atoms with Gasteiger partial charge in [-0.1, -0.05) is 442 Å². The fourth-order valence-corrected chi connectivity index (χ4v) is 29.4. The number of nitrogens with zero attached hydrogens (tertiary/aromatic N) is 2. The summed E-state index contributed by atoms with van der Waals surface area (Å²) in [6.07, 6.45) is 15.1. The van der Waals surface area contributed by atoms with Gasteiger partial charge in [-0.15, -0.1) is 0 Å². The van der Waals surface area contributed by atoms with Crippen LogP contribution in [0.3, 0.4) is 0 Å². The third-order valence-electron chi connectivity index (χ3n) is 35.8. The lowest BCUT2D eigenvalue weighted by Crippen LogP contribution is -2.48. The number of hydrogen-bond donors (Lipinski definition) is 0. The van der Waals surface area contributed by atoms with Crippen molar-refractivity contribution in [3.63, 3.8) is 0 Å².